The highest BCUT2D eigenvalue weighted by atomic mass is 19.1. The molecule has 1 aromatic carbocycles. The molecule has 39 heavy (non-hydrogen) atoms. The average molecular weight is 542 g/mol. The van der Waals surface area contributed by atoms with Crippen LogP contribution in [0, 0.1) is 17.6 Å². The number of nitrogens with zero attached hydrogens (tertiary/aromatic N) is 6. The number of pyridine rings is 1. The molecule has 206 valence electrons. The van der Waals surface area contributed by atoms with Gasteiger partial charge in [0.05, 0.1) is 17.6 Å². The molecule has 9 nitrogen and oxygen atoms in total. The standard InChI is InChI=1S/C27H30F3N7O2/c1-15(2)37-21-12-16(11-18(28)25(21)39-14-23(37)38)24-19(29)13-31-27(34-24)33-22-6-5-20(26(30)32-22)36-9-7-17(8-10-36)35(3)4/h5-6,11-13,15,17H,7-10,14H2,1-4H3,(H,31,32,33,34). The van der Waals surface area contributed by atoms with Crippen molar-refractivity contribution < 1.29 is 22.7 Å². The molecule has 0 radical (unpaired) electrons. The minimum atomic E-state index is -0.797. The Morgan fingerprint density at radius 1 is 1.05 bits per heavy atom. The molecule has 0 unspecified atom stereocenters. The second-order valence-electron chi connectivity index (χ2n) is 10.2. The van der Waals surface area contributed by atoms with Crippen molar-refractivity contribution in [3.63, 3.8) is 0 Å². The summed E-state index contributed by atoms with van der Waals surface area (Å²) >= 11 is 0. The molecule has 1 amide bonds. The second kappa shape index (κ2) is 10.7. The molecular formula is C27H30F3N7O2. The second-order valence-corrected chi connectivity index (χ2v) is 10.2. The Balaban J connectivity index is 1.39. The molecule has 0 aliphatic carbocycles. The number of nitrogens with one attached hydrogen (secondary N) is 1. The molecule has 3 aromatic rings. The summed E-state index contributed by atoms with van der Waals surface area (Å²) in [7, 11) is 4.09. The lowest BCUT2D eigenvalue weighted by atomic mass is 10.0. The Kier molecular flexibility index (Phi) is 7.30. The highest BCUT2D eigenvalue weighted by molar-refractivity contribution is 5.99. The van der Waals surface area contributed by atoms with E-state index < -0.39 is 17.6 Å². The molecule has 0 bridgehead atoms. The fourth-order valence-electron chi connectivity index (χ4n) is 5.04. The van der Waals surface area contributed by atoms with Crippen LogP contribution in [0.1, 0.15) is 26.7 Å². The van der Waals surface area contributed by atoms with Crippen molar-refractivity contribution in [1.82, 2.24) is 19.9 Å². The summed E-state index contributed by atoms with van der Waals surface area (Å²) in [6.07, 6.45) is 2.79. The number of amides is 1. The SMILES string of the molecule is CC(C)N1C(=O)COc2c(F)cc(-c3nc(Nc4ccc(N5CCC(N(C)C)CC5)c(F)n4)ncc3F)cc21. The molecule has 2 aromatic heterocycles. The van der Waals surface area contributed by atoms with Gasteiger partial charge < -0.3 is 24.8 Å². The number of benzene rings is 1. The number of piperidine rings is 1. The zero-order valence-electron chi connectivity index (χ0n) is 22.2. The van der Waals surface area contributed by atoms with E-state index >= 15 is 0 Å². The zero-order chi connectivity index (χ0) is 27.8. The summed E-state index contributed by atoms with van der Waals surface area (Å²) in [5.41, 5.74) is 0.498. The Hall–Kier alpha value is -3.93. The predicted octanol–water partition coefficient (Wildman–Crippen LogP) is 4.36. The summed E-state index contributed by atoms with van der Waals surface area (Å²) in [5.74, 6) is -2.51. The number of hydrogen-bond donors (Lipinski definition) is 1. The molecule has 0 atom stereocenters. The maximum Gasteiger partial charge on any atom is 0.265 e. The van der Waals surface area contributed by atoms with Crippen LogP contribution in [0.3, 0.4) is 0 Å². The number of ether oxygens (including phenoxy) is 1. The number of carbonyl (C=O) groups excluding carboxylic acids is 1. The number of halogens is 3. The number of rotatable bonds is 6. The molecule has 1 fully saturated rings. The van der Waals surface area contributed by atoms with Crippen LogP contribution in [-0.2, 0) is 4.79 Å². The van der Waals surface area contributed by atoms with E-state index in [-0.39, 0.29) is 53.0 Å². The molecule has 2 aliphatic heterocycles. The lowest BCUT2D eigenvalue weighted by Crippen LogP contribution is -2.43. The Morgan fingerprint density at radius 3 is 2.46 bits per heavy atom. The molecule has 5 rings (SSSR count). The largest absolute Gasteiger partial charge is 0.478 e. The van der Waals surface area contributed by atoms with E-state index in [0.29, 0.717) is 11.7 Å². The third kappa shape index (κ3) is 5.33. The van der Waals surface area contributed by atoms with Gasteiger partial charge >= 0.3 is 0 Å². The molecule has 0 saturated carbocycles. The summed E-state index contributed by atoms with van der Waals surface area (Å²) in [4.78, 5) is 30.1. The maximum absolute atomic E-state index is 15.0. The molecule has 0 spiro atoms. The minimum absolute atomic E-state index is 0.0518. The summed E-state index contributed by atoms with van der Waals surface area (Å²) in [6.45, 7) is 4.73. The Labute approximate surface area is 224 Å². The lowest BCUT2D eigenvalue weighted by molar-refractivity contribution is -0.121. The molecular weight excluding hydrogens is 511 g/mol. The van der Waals surface area contributed by atoms with Gasteiger partial charge in [0.2, 0.25) is 11.9 Å². The van der Waals surface area contributed by atoms with Crippen molar-refractivity contribution in [3.05, 3.63) is 48.0 Å². The van der Waals surface area contributed by atoms with Gasteiger partial charge in [-0.2, -0.15) is 4.39 Å². The Bertz CT molecular complexity index is 1390. The van der Waals surface area contributed by atoms with Crippen molar-refractivity contribution in [2.75, 3.05) is 48.9 Å². The molecule has 1 N–H and O–H groups in total. The van der Waals surface area contributed by atoms with Gasteiger partial charge in [-0.15, -0.1) is 0 Å². The van der Waals surface area contributed by atoms with Crippen LogP contribution in [0.15, 0.2) is 30.5 Å². The minimum Gasteiger partial charge on any atom is -0.478 e. The van der Waals surface area contributed by atoms with E-state index in [9.17, 15) is 18.0 Å². The summed E-state index contributed by atoms with van der Waals surface area (Å²) in [6, 6.07) is 5.98. The fraction of sp³-hybridized carbons (Fsp3) is 0.407. The van der Waals surface area contributed by atoms with Gasteiger partial charge in [0.1, 0.15) is 11.5 Å². The van der Waals surface area contributed by atoms with Crippen LogP contribution >= 0.6 is 0 Å². The van der Waals surface area contributed by atoms with Crippen LogP contribution in [0.5, 0.6) is 5.75 Å². The third-order valence-corrected chi connectivity index (χ3v) is 7.03. The van der Waals surface area contributed by atoms with Gasteiger partial charge in [-0.3, -0.25) is 4.79 Å². The fourth-order valence-corrected chi connectivity index (χ4v) is 5.04. The molecule has 12 heteroatoms. The van der Waals surface area contributed by atoms with Gasteiger partial charge in [-0.05, 0) is 65.0 Å². The van der Waals surface area contributed by atoms with Gasteiger partial charge in [0.15, 0.2) is 24.0 Å². The van der Waals surface area contributed by atoms with Gasteiger partial charge in [-0.25, -0.2) is 23.7 Å². The Morgan fingerprint density at radius 2 is 1.79 bits per heavy atom. The molecule has 1 saturated heterocycles. The first-order valence-corrected chi connectivity index (χ1v) is 12.8. The summed E-state index contributed by atoms with van der Waals surface area (Å²) < 4.78 is 50.0. The zero-order valence-corrected chi connectivity index (χ0v) is 22.2. The van der Waals surface area contributed by atoms with E-state index in [1.807, 2.05) is 19.0 Å². The lowest BCUT2D eigenvalue weighted by Gasteiger charge is -2.36. The number of carbonyl (C=O) groups is 1. The first-order chi connectivity index (χ1) is 18.6. The van der Waals surface area contributed by atoms with Crippen LogP contribution < -0.4 is 19.9 Å². The number of aromatic nitrogens is 3. The van der Waals surface area contributed by atoms with E-state index in [0.717, 1.165) is 38.2 Å². The van der Waals surface area contributed by atoms with E-state index in [2.05, 4.69) is 25.2 Å². The average Bonchev–Trinajstić information content (AvgIpc) is 2.89. The molecule has 2 aliphatic rings. The topological polar surface area (TPSA) is 86.7 Å². The number of anilines is 4. The third-order valence-electron chi connectivity index (χ3n) is 7.03. The summed E-state index contributed by atoms with van der Waals surface area (Å²) in [5, 5.41) is 2.80. The number of fused-ring (bicyclic) bond motifs is 1. The smallest absolute Gasteiger partial charge is 0.265 e. The normalized spacial score (nSPS) is 16.1. The highest BCUT2D eigenvalue weighted by Crippen LogP contribution is 2.40. The van der Waals surface area contributed by atoms with Crippen molar-refractivity contribution in [2.24, 2.45) is 0 Å². The maximum atomic E-state index is 15.0. The van der Waals surface area contributed by atoms with E-state index in [4.69, 9.17) is 4.74 Å². The quantitative estimate of drug-likeness (QED) is 0.461. The first kappa shape index (κ1) is 26.7. The monoisotopic (exact) mass is 541 g/mol. The number of hydrogen-bond acceptors (Lipinski definition) is 8. The van der Waals surface area contributed by atoms with Gasteiger partial charge in [0, 0.05) is 30.7 Å². The van der Waals surface area contributed by atoms with E-state index in [1.54, 1.807) is 26.0 Å². The van der Waals surface area contributed by atoms with Crippen molar-refractivity contribution in [1.29, 1.82) is 0 Å². The van der Waals surface area contributed by atoms with Crippen LogP contribution in [-0.4, -0.2) is 71.6 Å². The first-order valence-electron chi connectivity index (χ1n) is 12.8. The van der Waals surface area contributed by atoms with E-state index in [1.165, 1.54) is 11.0 Å². The van der Waals surface area contributed by atoms with Crippen LogP contribution in [0.25, 0.3) is 11.3 Å². The van der Waals surface area contributed by atoms with Crippen LogP contribution in [0.4, 0.5) is 36.3 Å². The molecule has 4 heterocycles. The van der Waals surface area contributed by atoms with Crippen LogP contribution in [0.2, 0.25) is 0 Å². The highest BCUT2D eigenvalue weighted by Gasteiger charge is 2.31. The van der Waals surface area contributed by atoms with Gasteiger partial charge in [0.25, 0.3) is 5.91 Å². The van der Waals surface area contributed by atoms with Crippen molar-refractivity contribution in [3.8, 4) is 17.0 Å². The predicted molar refractivity (Wildman–Crippen MR) is 142 cm³/mol. The van der Waals surface area contributed by atoms with Crippen molar-refractivity contribution >= 4 is 29.0 Å². The van der Waals surface area contributed by atoms with Gasteiger partial charge in [-0.1, -0.05) is 0 Å². The van der Waals surface area contributed by atoms with Crippen molar-refractivity contribution in [2.45, 2.75) is 38.8 Å².